The second-order valence-electron chi connectivity index (χ2n) is 14.6. The van der Waals surface area contributed by atoms with Crippen molar-refractivity contribution in [2.45, 2.75) is 58.0 Å². The van der Waals surface area contributed by atoms with Gasteiger partial charge in [-0.05, 0) is 62.6 Å². The van der Waals surface area contributed by atoms with Gasteiger partial charge in [0.1, 0.15) is 0 Å². The van der Waals surface area contributed by atoms with Gasteiger partial charge in [0.15, 0.2) is 11.6 Å². The average molecular weight is 702 g/mol. The van der Waals surface area contributed by atoms with Crippen molar-refractivity contribution in [1.82, 2.24) is 28.9 Å². The third-order valence-corrected chi connectivity index (χ3v) is 12.2. The van der Waals surface area contributed by atoms with E-state index in [1.54, 1.807) is 12.1 Å². The number of imidazole rings is 2. The number of hydrogen-bond acceptors (Lipinski definition) is 6. The Morgan fingerprint density at radius 3 is 1.86 bits per heavy atom. The van der Waals surface area contributed by atoms with E-state index in [2.05, 4.69) is 25.4 Å². The van der Waals surface area contributed by atoms with Crippen LogP contribution in [-0.2, 0) is 40.0 Å². The van der Waals surface area contributed by atoms with Gasteiger partial charge in [0.2, 0.25) is 0 Å². The van der Waals surface area contributed by atoms with Crippen molar-refractivity contribution in [2.75, 3.05) is 37.3 Å². The van der Waals surface area contributed by atoms with Gasteiger partial charge in [0, 0.05) is 82.2 Å². The van der Waals surface area contributed by atoms with Crippen LogP contribution in [0, 0.1) is 11.3 Å². The predicted molar refractivity (Wildman–Crippen MR) is 192 cm³/mol. The van der Waals surface area contributed by atoms with Gasteiger partial charge >= 0.3 is 0 Å². The standard InChI is InChI=1S/C37H42Cl2N8O2/c1-44-16-12-29-27(19-44)40-33(45(29)2)35(48)42-25-8-4-6-23(31(25)38)24-7-5-9-26(32(24)39)43-36(49)34-41-28-20-47(17-13-30(28)46(34)3)21-37-14-10-22(18-37)11-15-37/h4-9,22H,10-21H2,1-3H3,(H,42,48)(H,43,49). The van der Waals surface area contributed by atoms with Crippen molar-refractivity contribution in [3.8, 4) is 11.1 Å². The van der Waals surface area contributed by atoms with Crippen molar-refractivity contribution in [3.05, 3.63) is 80.9 Å². The van der Waals surface area contributed by atoms with Gasteiger partial charge in [-0.15, -0.1) is 0 Å². The summed E-state index contributed by atoms with van der Waals surface area (Å²) in [6.45, 7) is 4.55. The summed E-state index contributed by atoms with van der Waals surface area (Å²) in [5.41, 5.74) is 6.76. The zero-order valence-electron chi connectivity index (χ0n) is 28.3. The van der Waals surface area contributed by atoms with Crippen molar-refractivity contribution >= 4 is 46.4 Å². The summed E-state index contributed by atoms with van der Waals surface area (Å²) in [5.74, 6) is 0.998. The number of benzene rings is 2. The fourth-order valence-corrected chi connectivity index (χ4v) is 9.37. The number of nitrogens with one attached hydrogen (secondary N) is 2. The highest BCUT2D eigenvalue weighted by Gasteiger charge is 2.46. The van der Waals surface area contributed by atoms with Crippen LogP contribution < -0.4 is 10.6 Å². The number of likely N-dealkylation sites (N-methyl/N-ethyl adjacent to an activating group) is 1. The van der Waals surface area contributed by atoms with Gasteiger partial charge in [-0.25, -0.2) is 9.97 Å². The first kappa shape index (κ1) is 32.5. The van der Waals surface area contributed by atoms with E-state index in [9.17, 15) is 9.59 Å². The number of hydrogen-bond donors (Lipinski definition) is 2. The Labute approximate surface area is 296 Å². The van der Waals surface area contributed by atoms with Crippen LogP contribution in [0.5, 0.6) is 0 Å². The van der Waals surface area contributed by atoms with E-state index in [1.165, 1.54) is 32.1 Å². The maximum Gasteiger partial charge on any atom is 0.291 e. The molecule has 49 heavy (non-hydrogen) atoms. The molecule has 0 spiro atoms. The SMILES string of the molecule is CN1CCc2c(nc(C(=O)Nc3cccc(-c4cccc(NC(=O)c5nc6c(n5C)CCN(CC57CCC(CC5)C7)C6)c4Cl)c3Cl)n2C)C1. The molecular formula is C37H42Cl2N8O2. The summed E-state index contributed by atoms with van der Waals surface area (Å²) >= 11 is 13.9. The molecule has 0 saturated heterocycles. The number of anilines is 2. The number of carbonyl (C=O) groups is 2. The summed E-state index contributed by atoms with van der Waals surface area (Å²) < 4.78 is 3.80. The molecule has 256 valence electrons. The van der Waals surface area contributed by atoms with Crippen LogP contribution >= 0.6 is 23.2 Å². The van der Waals surface area contributed by atoms with Gasteiger partial charge < -0.3 is 24.7 Å². The summed E-state index contributed by atoms with van der Waals surface area (Å²) in [5, 5.41) is 6.64. The highest BCUT2D eigenvalue weighted by Crippen LogP contribution is 2.54. The number of nitrogens with zero attached hydrogens (tertiary/aromatic N) is 6. The first-order chi connectivity index (χ1) is 23.6. The first-order valence-electron chi connectivity index (χ1n) is 17.3. The Morgan fingerprint density at radius 2 is 1.33 bits per heavy atom. The van der Waals surface area contributed by atoms with E-state index in [4.69, 9.17) is 28.2 Å². The van der Waals surface area contributed by atoms with E-state index in [0.29, 0.717) is 56.2 Å². The molecule has 2 amide bonds. The molecule has 0 atom stereocenters. The minimum atomic E-state index is -0.336. The second kappa shape index (κ2) is 12.6. The maximum absolute atomic E-state index is 13.7. The predicted octanol–water partition coefficient (Wildman–Crippen LogP) is 6.56. The quantitative estimate of drug-likeness (QED) is 0.227. The number of fused-ring (bicyclic) bond motifs is 4. The zero-order chi connectivity index (χ0) is 34.0. The summed E-state index contributed by atoms with van der Waals surface area (Å²) in [4.78, 5) is 41.3. The lowest BCUT2D eigenvalue weighted by Crippen LogP contribution is -2.39. The minimum absolute atomic E-state index is 0.313. The first-order valence-corrected chi connectivity index (χ1v) is 18.0. The van der Waals surface area contributed by atoms with Gasteiger partial charge in [-0.2, -0.15) is 0 Å². The number of rotatable bonds is 7. The molecule has 12 heteroatoms. The van der Waals surface area contributed by atoms with Gasteiger partial charge in [0.25, 0.3) is 11.8 Å². The lowest BCUT2D eigenvalue weighted by atomic mass is 9.83. The van der Waals surface area contributed by atoms with Crippen LogP contribution in [0.15, 0.2) is 36.4 Å². The molecule has 2 aliphatic heterocycles. The van der Waals surface area contributed by atoms with Gasteiger partial charge in [-0.1, -0.05) is 47.5 Å². The minimum Gasteiger partial charge on any atom is -0.327 e. The molecule has 0 radical (unpaired) electrons. The molecule has 2 bridgehead atoms. The van der Waals surface area contributed by atoms with E-state index in [-0.39, 0.29) is 11.8 Å². The largest absolute Gasteiger partial charge is 0.327 e. The fourth-order valence-electron chi connectivity index (χ4n) is 8.82. The molecule has 4 aromatic rings. The summed E-state index contributed by atoms with van der Waals surface area (Å²) in [6.07, 6.45) is 8.57. The molecule has 2 fully saturated rings. The molecule has 10 nitrogen and oxygen atoms in total. The number of halogens is 2. The lowest BCUT2D eigenvalue weighted by molar-refractivity contribution is 0.100. The smallest absolute Gasteiger partial charge is 0.291 e. The molecular weight excluding hydrogens is 659 g/mol. The molecule has 4 heterocycles. The number of amides is 2. The Hall–Kier alpha value is -3.70. The Kier molecular flexibility index (Phi) is 8.33. The van der Waals surface area contributed by atoms with Crippen molar-refractivity contribution in [1.29, 1.82) is 0 Å². The van der Waals surface area contributed by atoms with Gasteiger partial charge in [-0.3, -0.25) is 14.5 Å². The van der Waals surface area contributed by atoms with Crippen molar-refractivity contribution < 1.29 is 9.59 Å². The number of carbonyl (C=O) groups excluding carboxylic acids is 2. The molecule has 2 N–H and O–H groups in total. The van der Waals surface area contributed by atoms with Crippen LogP contribution in [0.3, 0.4) is 0 Å². The zero-order valence-corrected chi connectivity index (χ0v) is 29.8. The van der Waals surface area contributed by atoms with E-state index in [1.807, 2.05) is 54.5 Å². The highest BCUT2D eigenvalue weighted by molar-refractivity contribution is 6.40. The van der Waals surface area contributed by atoms with E-state index < -0.39 is 0 Å². The van der Waals surface area contributed by atoms with E-state index in [0.717, 1.165) is 67.7 Å². The van der Waals surface area contributed by atoms with Crippen LogP contribution in [0.4, 0.5) is 11.4 Å². The van der Waals surface area contributed by atoms with Crippen LogP contribution in [0.25, 0.3) is 11.1 Å². The monoisotopic (exact) mass is 700 g/mol. The van der Waals surface area contributed by atoms with Gasteiger partial charge in [0.05, 0.1) is 32.8 Å². The van der Waals surface area contributed by atoms with Crippen LogP contribution in [-0.4, -0.2) is 67.4 Å². The molecule has 2 aromatic carbocycles. The lowest BCUT2D eigenvalue weighted by Gasteiger charge is -2.35. The van der Waals surface area contributed by atoms with Crippen molar-refractivity contribution in [3.63, 3.8) is 0 Å². The highest BCUT2D eigenvalue weighted by atomic mass is 35.5. The summed E-state index contributed by atoms with van der Waals surface area (Å²) in [7, 11) is 5.84. The molecule has 2 aromatic heterocycles. The third-order valence-electron chi connectivity index (χ3n) is 11.4. The average Bonchev–Trinajstić information content (AvgIpc) is 3.85. The van der Waals surface area contributed by atoms with Crippen LogP contribution in [0.1, 0.15) is 76.1 Å². The Morgan fingerprint density at radius 1 is 0.796 bits per heavy atom. The Bertz CT molecular complexity index is 1970. The second-order valence-corrected chi connectivity index (χ2v) is 15.4. The van der Waals surface area contributed by atoms with E-state index >= 15 is 0 Å². The Balaban J connectivity index is 0.988. The maximum atomic E-state index is 13.7. The van der Waals surface area contributed by atoms with Crippen molar-refractivity contribution in [2.24, 2.45) is 25.4 Å². The topological polar surface area (TPSA) is 100 Å². The molecule has 2 saturated carbocycles. The summed E-state index contributed by atoms with van der Waals surface area (Å²) in [6, 6.07) is 10.8. The van der Waals surface area contributed by atoms with Crippen LogP contribution in [0.2, 0.25) is 10.0 Å². The molecule has 0 unspecified atom stereocenters. The third kappa shape index (κ3) is 5.86. The molecule has 2 aliphatic carbocycles. The normalized spacial score (nSPS) is 21.9. The fraction of sp³-hybridized carbons (Fsp3) is 0.459. The molecule has 4 aliphatic rings. The molecule has 8 rings (SSSR count). The number of aromatic nitrogens is 4.